The summed E-state index contributed by atoms with van der Waals surface area (Å²) in [5, 5.41) is 5.73. The molecule has 2 heterocycles. The highest BCUT2D eigenvalue weighted by molar-refractivity contribution is 7.10. The normalized spacial score (nSPS) is 12.9. The molecule has 1 unspecified atom stereocenters. The van der Waals surface area contributed by atoms with Gasteiger partial charge in [0.05, 0.1) is 0 Å². The van der Waals surface area contributed by atoms with E-state index in [1.165, 1.54) is 10.4 Å². The Morgan fingerprint density at radius 1 is 1.53 bits per heavy atom. The maximum Gasteiger partial charge on any atom is 0.131 e. The number of thiophene rings is 1. The number of rotatable bonds is 5. The molecule has 0 radical (unpaired) electrons. The Morgan fingerprint density at radius 2 is 2.35 bits per heavy atom. The minimum absolute atomic E-state index is 0.218. The Labute approximate surface area is 107 Å². The van der Waals surface area contributed by atoms with Crippen molar-refractivity contribution in [3.8, 4) is 0 Å². The minimum Gasteiger partial charge on any atom is -0.336 e. The van der Waals surface area contributed by atoms with E-state index >= 15 is 0 Å². The van der Waals surface area contributed by atoms with Gasteiger partial charge < -0.3 is 9.88 Å². The van der Waals surface area contributed by atoms with Gasteiger partial charge in [-0.15, -0.1) is 11.3 Å². The average molecular weight is 249 g/mol. The van der Waals surface area contributed by atoms with E-state index in [-0.39, 0.29) is 6.04 Å². The van der Waals surface area contributed by atoms with E-state index in [4.69, 9.17) is 0 Å². The van der Waals surface area contributed by atoms with Gasteiger partial charge in [0, 0.05) is 24.3 Å². The zero-order chi connectivity index (χ0) is 12.3. The van der Waals surface area contributed by atoms with Gasteiger partial charge in [0.15, 0.2) is 0 Å². The Hall–Kier alpha value is -1.13. The molecule has 0 aliphatic rings. The second-order valence-corrected chi connectivity index (χ2v) is 5.20. The lowest BCUT2D eigenvalue weighted by atomic mass is 10.1. The van der Waals surface area contributed by atoms with Crippen LogP contribution in [0.4, 0.5) is 0 Å². The zero-order valence-corrected chi connectivity index (χ0v) is 11.4. The number of aromatic nitrogens is 2. The van der Waals surface area contributed by atoms with Gasteiger partial charge in [0.25, 0.3) is 0 Å². The Morgan fingerprint density at radius 3 is 2.88 bits per heavy atom. The molecule has 0 bridgehead atoms. The number of imidazole rings is 1. The van der Waals surface area contributed by atoms with Gasteiger partial charge in [-0.25, -0.2) is 4.98 Å². The summed E-state index contributed by atoms with van der Waals surface area (Å²) in [4.78, 5) is 5.84. The summed E-state index contributed by atoms with van der Waals surface area (Å²) in [6.45, 7) is 5.36. The van der Waals surface area contributed by atoms with Crippen molar-refractivity contribution in [1.29, 1.82) is 0 Å². The lowest BCUT2D eigenvalue weighted by Crippen LogP contribution is -2.25. The van der Waals surface area contributed by atoms with E-state index < -0.39 is 0 Å². The second kappa shape index (κ2) is 5.47. The van der Waals surface area contributed by atoms with Crippen LogP contribution < -0.4 is 5.32 Å². The van der Waals surface area contributed by atoms with Crippen molar-refractivity contribution in [3.05, 3.63) is 40.1 Å². The summed E-state index contributed by atoms with van der Waals surface area (Å²) in [5.41, 5.74) is 1.34. The van der Waals surface area contributed by atoms with Crippen LogP contribution in [0.1, 0.15) is 35.7 Å². The molecule has 2 rings (SSSR count). The van der Waals surface area contributed by atoms with Crippen LogP contribution in [0.25, 0.3) is 0 Å². The number of nitrogens with zero attached hydrogens (tertiary/aromatic N) is 2. The Balaban J connectivity index is 2.32. The van der Waals surface area contributed by atoms with Gasteiger partial charge in [-0.2, -0.15) is 0 Å². The van der Waals surface area contributed by atoms with Crippen LogP contribution in [-0.4, -0.2) is 16.1 Å². The van der Waals surface area contributed by atoms with E-state index in [1.54, 1.807) is 11.3 Å². The highest BCUT2D eigenvalue weighted by Gasteiger charge is 2.20. The molecule has 17 heavy (non-hydrogen) atoms. The third-order valence-electron chi connectivity index (χ3n) is 2.88. The summed E-state index contributed by atoms with van der Waals surface area (Å²) >= 11 is 1.80. The van der Waals surface area contributed by atoms with Crippen molar-refractivity contribution < 1.29 is 0 Å². The fourth-order valence-electron chi connectivity index (χ4n) is 1.93. The van der Waals surface area contributed by atoms with E-state index in [1.807, 2.05) is 19.4 Å². The van der Waals surface area contributed by atoms with Gasteiger partial charge in [0.1, 0.15) is 11.9 Å². The molecule has 0 spiro atoms. The Bertz CT molecular complexity index is 432. The summed E-state index contributed by atoms with van der Waals surface area (Å²) in [5.74, 6) is 1.09. The first-order chi connectivity index (χ1) is 8.24. The van der Waals surface area contributed by atoms with Crippen molar-refractivity contribution in [2.75, 3.05) is 6.54 Å². The quantitative estimate of drug-likeness (QED) is 0.883. The third kappa shape index (κ3) is 2.58. The molecule has 2 aromatic rings. The molecule has 1 N–H and O–H groups in total. The van der Waals surface area contributed by atoms with E-state index in [2.05, 4.69) is 40.2 Å². The molecule has 0 amide bonds. The van der Waals surface area contributed by atoms with Crippen molar-refractivity contribution in [2.45, 2.75) is 26.3 Å². The smallest absolute Gasteiger partial charge is 0.131 e. The number of hydrogen-bond donors (Lipinski definition) is 1. The minimum atomic E-state index is 0.218. The molecule has 0 saturated heterocycles. The first kappa shape index (κ1) is 12.3. The summed E-state index contributed by atoms with van der Waals surface area (Å²) < 4.78 is 2.09. The zero-order valence-electron chi connectivity index (χ0n) is 10.6. The molecule has 0 aliphatic carbocycles. The lowest BCUT2D eigenvalue weighted by Gasteiger charge is -2.18. The summed E-state index contributed by atoms with van der Waals surface area (Å²) in [6, 6.07) is 2.39. The molecule has 92 valence electrons. The van der Waals surface area contributed by atoms with Crippen molar-refractivity contribution in [3.63, 3.8) is 0 Å². The predicted molar refractivity (Wildman–Crippen MR) is 72.4 cm³/mol. The molecule has 1 atom stereocenters. The number of hydrogen-bond acceptors (Lipinski definition) is 3. The van der Waals surface area contributed by atoms with E-state index in [9.17, 15) is 0 Å². The van der Waals surface area contributed by atoms with Gasteiger partial charge >= 0.3 is 0 Å². The molecule has 0 fully saturated rings. The first-order valence-electron chi connectivity index (χ1n) is 5.98. The van der Waals surface area contributed by atoms with E-state index in [0.717, 1.165) is 18.8 Å². The van der Waals surface area contributed by atoms with Gasteiger partial charge in [-0.3, -0.25) is 0 Å². The van der Waals surface area contributed by atoms with Crippen molar-refractivity contribution >= 4 is 11.3 Å². The van der Waals surface area contributed by atoms with Crippen LogP contribution >= 0.6 is 11.3 Å². The largest absolute Gasteiger partial charge is 0.336 e. The Kier molecular flexibility index (Phi) is 3.97. The summed E-state index contributed by atoms with van der Waals surface area (Å²) in [6.07, 6.45) is 4.99. The molecule has 0 aromatic carbocycles. The second-order valence-electron chi connectivity index (χ2n) is 4.25. The molecule has 4 heteroatoms. The molecule has 0 saturated carbocycles. The summed E-state index contributed by atoms with van der Waals surface area (Å²) in [7, 11) is 2.05. The molecule has 2 aromatic heterocycles. The standard InChI is InChI=1S/C13H19N3S/c1-4-6-14-11(12-10(2)5-9-17-12)13-15-7-8-16(13)3/h5,7-9,11,14H,4,6H2,1-3H3. The number of aryl methyl sites for hydroxylation is 2. The van der Waals surface area contributed by atoms with Crippen LogP contribution in [0.15, 0.2) is 23.8 Å². The fourth-order valence-corrected chi connectivity index (χ4v) is 2.92. The average Bonchev–Trinajstić information content (AvgIpc) is 2.90. The maximum absolute atomic E-state index is 4.47. The van der Waals surface area contributed by atoms with Crippen LogP contribution in [0.3, 0.4) is 0 Å². The van der Waals surface area contributed by atoms with E-state index in [0.29, 0.717) is 0 Å². The highest BCUT2D eigenvalue weighted by Crippen LogP contribution is 2.28. The van der Waals surface area contributed by atoms with Crippen molar-refractivity contribution in [2.24, 2.45) is 7.05 Å². The van der Waals surface area contributed by atoms with Crippen LogP contribution in [0, 0.1) is 6.92 Å². The lowest BCUT2D eigenvalue weighted by molar-refractivity contribution is 0.560. The van der Waals surface area contributed by atoms with Crippen LogP contribution in [-0.2, 0) is 7.05 Å². The number of nitrogens with one attached hydrogen (secondary N) is 1. The molecule has 0 aliphatic heterocycles. The molecule has 3 nitrogen and oxygen atoms in total. The molecular formula is C13H19N3S. The van der Waals surface area contributed by atoms with Gasteiger partial charge in [0.2, 0.25) is 0 Å². The first-order valence-corrected chi connectivity index (χ1v) is 6.86. The highest BCUT2D eigenvalue weighted by atomic mass is 32.1. The van der Waals surface area contributed by atoms with Crippen LogP contribution in [0.5, 0.6) is 0 Å². The van der Waals surface area contributed by atoms with Crippen molar-refractivity contribution in [1.82, 2.24) is 14.9 Å². The maximum atomic E-state index is 4.47. The van der Waals surface area contributed by atoms with Gasteiger partial charge in [-0.1, -0.05) is 6.92 Å². The monoisotopic (exact) mass is 249 g/mol. The topological polar surface area (TPSA) is 29.9 Å². The van der Waals surface area contributed by atoms with Gasteiger partial charge in [-0.05, 0) is 36.9 Å². The third-order valence-corrected chi connectivity index (χ3v) is 3.96. The van der Waals surface area contributed by atoms with Crippen LogP contribution in [0.2, 0.25) is 0 Å². The predicted octanol–water partition coefficient (Wildman–Crippen LogP) is 2.88. The SMILES string of the molecule is CCCNC(c1sccc1C)c1nccn1C. The molecular weight excluding hydrogens is 230 g/mol. The fraction of sp³-hybridized carbons (Fsp3) is 0.462.